The summed E-state index contributed by atoms with van der Waals surface area (Å²) in [5.41, 5.74) is 3.19. The number of aryl methyl sites for hydroxylation is 1. The second-order valence-corrected chi connectivity index (χ2v) is 6.21. The Bertz CT molecular complexity index is 1030. The Hall–Kier alpha value is -3.41. The minimum absolute atomic E-state index is 0.0260. The highest BCUT2D eigenvalue weighted by atomic mass is 16.1. The number of nitrogens with one attached hydrogen (secondary N) is 1. The summed E-state index contributed by atoms with van der Waals surface area (Å²) in [4.78, 5) is 16.7. The number of carbonyl (C=O) groups excluding carboxylic acids is 1. The molecule has 0 saturated heterocycles. The fourth-order valence-corrected chi connectivity index (χ4v) is 3.03. The lowest BCUT2D eigenvalue weighted by atomic mass is 10.2. The van der Waals surface area contributed by atoms with E-state index in [1.54, 1.807) is 17.1 Å². The fourth-order valence-electron chi connectivity index (χ4n) is 3.03. The lowest BCUT2D eigenvalue weighted by Gasteiger charge is -2.08. The van der Waals surface area contributed by atoms with Crippen LogP contribution in [0.15, 0.2) is 67.3 Å². The second-order valence-electron chi connectivity index (χ2n) is 6.21. The molecular formula is C20H19N5O. The van der Waals surface area contributed by atoms with E-state index in [-0.39, 0.29) is 5.91 Å². The van der Waals surface area contributed by atoms with Gasteiger partial charge in [-0.05, 0) is 36.2 Å². The van der Waals surface area contributed by atoms with Crippen molar-refractivity contribution in [3.63, 3.8) is 0 Å². The van der Waals surface area contributed by atoms with E-state index in [2.05, 4.69) is 28.4 Å². The number of aromatic nitrogens is 4. The number of rotatable bonds is 5. The maximum absolute atomic E-state index is 12.3. The van der Waals surface area contributed by atoms with Crippen molar-refractivity contribution >= 4 is 16.8 Å². The van der Waals surface area contributed by atoms with Gasteiger partial charge in [0.15, 0.2) is 5.82 Å². The fraction of sp³-hybridized carbons (Fsp3) is 0.150. The maximum Gasteiger partial charge on any atom is 0.240 e. The number of pyridine rings is 1. The van der Waals surface area contributed by atoms with Gasteiger partial charge in [-0.2, -0.15) is 5.10 Å². The number of fused-ring (bicyclic) bond motifs is 1. The van der Waals surface area contributed by atoms with Gasteiger partial charge in [0.25, 0.3) is 0 Å². The molecule has 0 atom stereocenters. The van der Waals surface area contributed by atoms with Gasteiger partial charge in [0.05, 0.1) is 0 Å². The van der Waals surface area contributed by atoms with Gasteiger partial charge < -0.3 is 9.88 Å². The third kappa shape index (κ3) is 3.21. The molecule has 3 heterocycles. The number of nitrogens with zero attached hydrogens (tertiary/aromatic N) is 4. The molecule has 130 valence electrons. The van der Waals surface area contributed by atoms with E-state index in [1.165, 1.54) is 10.9 Å². The quantitative estimate of drug-likeness (QED) is 0.605. The van der Waals surface area contributed by atoms with Crippen LogP contribution >= 0.6 is 0 Å². The predicted molar refractivity (Wildman–Crippen MR) is 99.9 cm³/mol. The third-order valence-electron chi connectivity index (χ3n) is 4.34. The second kappa shape index (κ2) is 6.84. The normalized spacial score (nSPS) is 11.0. The van der Waals surface area contributed by atoms with Gasteiger partial charge >= 0.3 is 0 Å². The molecule has 0 unspecified atom stereocenters. The predicted octanol–water partition coefficient (Wildman–Crippen LogP) is 2.85. The number of amides is 1. The lowest BCUT2D eigenvalue weighted by Crippen LogP contribution is -2.26. The van der Waals surface area contributed by atoms with E-state index in [4.69, 9.17) is 0 Å². The van der Waals surface area contributed by atoms with Gasteiger partial charge in [0.2, 0.25) is 5.91 Å². The Labute approximate surface area is 151 Å². The molecule has 3 aromatic heterocycles. The zero-order chi connectivity index (χ0) is 17.9. The van der Waals surface area contributed by atoms with Crippen LogP contribution in [0.3, 0.4) is 0 Å². The third-order valence-corrected chi connectivity index (χ3v) is 4.34. The first-order chi connectivity index (χ1) is 12.7. The zero-order valence-corrected chi connectivity index (χ0v) is 14.5. The molecule has 0 spiro atoms. The van der Waals surface area contributed by atoms with Crippen LogP contribution in [0.5, 0.6) is 0 Å². The highest BCUT2D eigenvalue weighted by Crippen LogP contribution is 2.20. The van der Waals surface area contributed by atoms with Gasteiger partial charge in [-0.15, -0.1) is 0 Å². The van der Waals surface area contributed by atoms with E-state index in [0.29, 0.717) is 13.1 Å². The molecule has 4 rings (SSSR count). The van der Waals surface area contributed by atoms with Crippen LogP contribution < -0.4 is 5.32 Å². The minimum atomic E-state index is -0.0260. The van der Waals surface area contributed by atoms with Gasteiger partial charge in [-0.25, -0.2) is 9.67 Å². The Balaban J connectivity index is 1.39. The van der Waals surface area contributed by atoms with Gasteiger partial charge in [-0.1, -0.05) is 24.3 Å². The highest BCUT2D eigenvalue weighted by Gasteiger charge is 2.08. The molecule has 0 radical (unpaired) electrons. The van der Waals surface area contributed by atoms with Crippen molar-refractivity contribution in [2.45, 2.75) is 20.0 Å². The topological polar surface area (TPSA) is 64.7 Å². The van der Waals surface area contributed by atoms with Crippen LogP contribution in [0.1, 0.15) is 11.1 Å². The van der Waals surface area contributed by atoms with Crippen molar-refractivity contribution in [2.24, 2.45) is 0 Å². The number of benzene rings is 1. The summed E-state index contributed by atoms with van der Waals surface area (Å²) < 4.78 is 3.68. The first kappa shape index (κ1) is 16.1. The monoisotopic (exact) mass is 345 g/mol. The molecule has 4 aromatic rings. The first-order valence-corrected chi connectivity index (χ1v) is 8.47. The summed E-state index contributed by atoms with van der Waals surface area (Å²) in [5, 5.41) is 8.28. The van der Waals surface area contributed by atoms with Crippen molar-refractivity contribution in [1.29, 1.82) is 0 Å². The van der Waals surface area contributed by atoms with Gasteiger partial charge in [0, 0.05) is 42.2 Å². The summed E-state index contributed by atoms with van der Waals surface area (Å²) in [5.74, 6) is 0.723. The largest absolute Gasteiger partial charge is 0.350 e. The SMILES string of the molecule is Cc1cn(CC(=O)NCc2ccc(-n3cccn3)nc2)c2ccccc12. The van der Waals surface area contributed by atoms with Crippen molar-refractivity contribution < 1.29 is 4.79 Å². The number of hydrogen-bond acceptors (Lipinski definition) is 3. The molecular weight excluding hydrogens is 326 g/mol. The molecule has 0 aliphatic carbocycles. The van der Waals surface area contributed by atoms with Gasteiger partial charge in [-0.3, -0.25) is 4.79 Å². The van der Waals surface area contributed by atoms with E-state index in [9.17, 15) is 4.79 Å². The summed E-state index contributed by atoms with van der Waals surface area (Å²) >= 11 is 0. The molecule has 1 aromatic carbocycles. The van der Waals surface area contributed by atoms with Crippen molar-refractivity contribution in [1.82, 2.24) is 24.6 Å². The summed E-state index contributed by atoms with van der Waals surface area (Å²) in [7, 11) is 0. The Kier molecular flexibility index (Phi) is 4.23. The Morgan fingerprint density at radius 3 is 2.81 bits per heavy atom. The summed E-state index contributed by atoms with van der Waals surface area (Å²) in [6.45, 7) is 2.81. The summed E-state index contributed by atoms with van der Waals surface area (Å²) in [6.07, 6.45) is 7.33. The van der Waals surface area contributed by atoms with Crippen LogP contribution in [0, 0.1) is 6.92 Å². The molecule has 0 fully saturated rings. The van der Waals surface area contributed by atoms with Crippen molar-refractivity contribution in [3.05, 3.63) is 78.4 Å². The minimum Gasteiger partial charge on any atom is -0.350 e. The Morgan fingerprint density at radius 2 is 2.04 bits per heavy atom. The smallest absolute Gasteiger partial charge is 0.240 e. The lowest BCUT2D eigenvalue weighted by molar-refractivity contribution is -0.121. The van der Waals surface area contributed by atoms with E-state index in [1.807, 2.05) is 53.4 Å². The number of carbonyl (C=O) groups is 1. The molecule has 1 amide bonds. The van der Waals surface area contributed by atoms with Crippen molar-refractivity contribution in [2.75, 3.05) is 0 Å². The number of para-hydroxylation sites is 1. The van der Waals surface area contributed by atoms with Crippen LogP contribution in [0.25, 0.3) is 16.7 Å². The Morgan fingerprint density at radius 1 is 1.15 bits per heavy atom. The molecule has 0 bridgehead atoms. The maximum atomic E-state index is 12.3. The van der Waals surface area contributed by atoms with E-state index < -0.39 is 0 Å². The molecule has 6 heteroatoms. The first-order valence-electron chi connectivity index (χ1n) is 8.47. The van der Waals surface area contributed by atoms with E-state index >= 15 is 0 Å². The molecule has 0 saturated carbocycles. The van der Waals surface area contributed by atoms with Crippen molar-refractivity contribution in [3.8, 4) is 5.82 Å². The molecule has 6 nitrogen and oxygen atoms in total. The molecule has 1 N–H and O–H groups in total. The highest BCUT2D eigenvalue weighted by molar-refractivity contribution is 5.85. The van der Waals surface area contributed by atoms with Crippen LogP contribution in [0.4, 0.5) is 0 Å². The zero-order valence-electron chi connectivity index (χ0n) is 14.5. The summed E-state index contributed by atoms with van der Waals surface area (Å²) in [6, 6.07) is 13.8. The van der Waals surface area contributed by atoms with E-state index in [0.717, 1.165) is 16.9 Å². The molecule has 0 aliphatic rings. The van der Waals surface area contributed by atoms with Crippen LogP contribution in [-0.2, 0) is 17.9 Å². The molecule has 26 heavy (non-hydrogen) atoms. The average Bonchev–Trinajstić information content (AvgIpc) is 3.30. The standard InChI is InChI=1S/C20H19N5O/c1-15-13-24(18-6-3-2-5-17(15)18)14-20(26)22-12-16-7-8-19(21-11-16)25-10-4-9-23-25/h2-11,13H,12,14H2,1H3,(H,22,26). The molecule has 0 aliphatic heterocycles. The number of hydrogen-bond donors (Lipinski definition) is 1. The van der Waals surface area contributed by atoms with Crippen LogP contribution in [0.2, 0.25) is 0 Å². The van der Waals surface area contributed by atoms with Crippen LogP contribution in [-0.4, -0.2) is 25.2 Å². The average molecular weight is 345 g/mol. The van der Waals surface area contributed by atoms with Gasteiger partial charge in [0.1, 0.15) is 6.54 Å².